The number of amides is 2. The zero-order valence-electron chi connectivity index (χ0n) is 15.8. The second kappa shape index (κ2) is 5.85. The molecule has 1 N–H and O–H groups in total. The Morgan fingerprint density at radius 1 is 1.19 bits per heavy atom. The third-order valence-corrected chi connectivity index (χ3v) is 7.25. The van der Waals surface area contributed by atoms with Crippen molar-refractivity contribution >= 4 is 22.8 Å². The van der Waals surface area contributed by atoms with Crippen LogP contribution in [0, 0.1) is 10.8 Å². The molecule has 5 nitrogen and oxygen atoms in total. The van der Waals surface area contributed by atoms with Crippen molar-refractivity contribution in [1.29, 1.82) is 0 Å². The van der Waals surface area contributed by atoms with Crippen molar-refractivity contribution in [3.8, 4) is 0 Å². The van der Waals surface area contributed by atoms with Crippen molar-refractivity contribution in [3.05, 3.63) is 36.1 Å². The molecular weight excluding hydrogens is 340 g/mol. The highest BCUT2D eigenvalue weighted by Crippen LogP contribution is 2.56. The number of hydrogen-bond donors (Lipinski definition) is 1. The lowest BCUT2D eigenvalue weighted by atomic mass is 9.91. The van der Waals surface area contributed by atoms with Crippen molar-refractivity contribution in [3.63, 3.8) is 0 Å². The zero-order chi connectivity index (χ0) is 18.6. The number of nitrogens with zero attached hydrogens (tertiary/aromatic N) is 1. The maximum Gasteiger partial charge on any atom is 0.255 e. The molecule has 1 atom stereocenters. The largest absolute Gasteiger partial charge is 0.463 e. The van der Waals surface area contributed by atoms with E-state index in [0.29, 0.717) is 11.5 Å². The molecule has 3 aliphatic rings. The van der Waals surface area contributed by atoms with E-state index in [-0.39, 0.29) is 22.8 Å². The molecular formula is C22H26N2O3. The van der Waals surface area contributed by atoms with E-state index in [2.05, 4.69) is 17.1 Å². The van der Waals surface area contributed by atoms with Crippen LogP contribution >= 0.6 is 0 Å². The highest BCUT2D eigenvalue weighted by atomic mass is 16.3. The zero-order valence-corrected chi connectivity index (χ0v) is 15.8. The number of carbonyl (C=O) groups is 2. The van der Waals surface area contributed by atoms with Crippen molar-refractivity contribution < 1.29 is 14.0 Å². The number of rotatable bonds is 4. The van der Waals surface area contributed by atoms with Crippen LogP contribution in [0.1, 0.15) is 55.8 Å². The molecule has 2 saturated carbocycles. The van der Waals surface area contributed by atoms with Gasteiger partial charge in [0.2, 0.25) is 5.91 Å². The number of carbonyl (C=O) groups excluding carboxylic acids is 2. The molecule has 3 fully saturated rings. The summed E-state index contributed by atoms with van der Waals surface area (Å²) in [6.07, 6.45) is 7.64. The van der Waals surface area contributed by atoms with Crippen molar-refractivity contribution in [2.75, 3.05) is 13.1 Å². The third-order valence-electron chi connectivity index (χ3n) is 7.25. The van der Waals surface area contributed by atoms with E-state index in [9.17, 15) is 9.59 Å². The van der Waals surface area contributed by atoms with Crippen LogP contribution in [0.5, 0.6) is 0 Å². The molecule has 1 saturated heterocycles. The molecule has 2 amide bonds. The van der Waals surface area contributed by atoms with Crippen LogP contribution in [0.15, 0.2) is 34.9 Å². The Morgan fingerprint density at radius 2 is 1.93 bits per heavy atom. The summed E-state index contributed by atoms with van der Waals surface area (Å²) in [5, 5.41) is 4.06. The molecule has 2 aliphatic carbocycles. The lowest BCUT2D eigenvalue weighted by Gasteiger charge is -2.35. The van der Waals surface area contributed by atoms with Gasteiger partial charge >= 0.3 is 0 Å². The quantitative estimate of drug-likeness (QED) is 0.897. The number of nitrogens with one attached hydrogen (secondary N) is 1. The fraction of sp³-hybridized carbons (Fsp3) is 0.545. The van der Waals surface area contributed by atoms with Crippen LogP contribution in [0.25, 0.3) is 11.0 Å². The van der Waals surface area contributed by atoms with E-state index in [1.54, 1.807) is 6.26 Å². The summed E-state index contributed by atoms with van der Waals surface area (Å²) in [5.74, 6) is 0.314. The van der Waals surface area contributed by atoms with Crippen molar-refractivity contribution in [2.45, 2.75) is 51.5 Å². The molecule has 0 radical (unpaired) electrons. The minimum atomic E-state index is -0.0525. The summed E-state index contributed by atoms with van der Waals surface area (Å²) in [7, 11) is 0. The van der Waals surface area contributed by atoms with Gasteiger partial charge < -0.3 is 14.6 Å². The molecule has 5 heteroatoms. The standard InChI is InChI=1S/C22H26N2O3/c1-2-21(7-8-21)20(26)24-11-9-22(10-12-24)13-18(22)23-19(25)16-14-27-17-6-4-3-5-15(16)17/h3-6,14,18H,2,7-13H2,1H3,(H,23,25). The van der Waals surface area contributed by atoms with Gasteiger partial charge in [-0.3, -0.25) is 9.59 Å². The molecule has 1 aromatic heterocycles. The summed E-state index contributed by atoms with van der Waals surface area (Å²) in [4.78, 5) is 27.5. The van der Waals surface area contributed by atoms with Gasteiger partial charge in [0.1, 0.15) is 11.8 Å². The first-order valence-corrected chi connectivity index (χ1v) is 10.1. The van der Waals surface area contributed by atoms with E-state index < -0.39 is 0 Å². The average Bonchev–Trinajstić information content (AvgIpc) is 3.58. The van der Waals surface area contributed by atoms with E-state index in [1.165, 1.54) is 0 Å². The van der Waals surface area contributed by atoms with Gasteiger partial charge in [0.25, 0.3) is 5.91 Å². The fourth-order valence-corrected chi connectivity index (χ4v) is 4.85. The number of hydrogen-bond acceptors (Lipinski definition) is 3. The number of benzene rings is 1. The van der Waals surface area contributed by atoms with Gasteiger partial charge in [0, 0.05) is 29.9 Å². The van der Waals surface area contributed by atoms with Gasteiger partial charge in [-0.25, -0.2) is 0 Å². The predicted octanol–water partition coefficient (Wildman–Crippen LogP) is 3.73. The Bertz CT molecular complexity index is 903. The Kier molecular flexibility index (Phi) is 3.65. The van der Waals surface area contributed by atoms with Gasteiger partial charge in [0.05, 0.1) is 5.56 Å². The molecule has 1 aliphatic heterocycles. The number of para-hydroxylation sites is 1. The first kappa shape index (κ1) is 16.8. The molecule has 1 spiro atoms. The molecule has 1 unspecified atom stereocenters. The number of fused-ring (bicyclic) bond motifs is 1. The highest BCUT2D eigenvalue weighted by molar-refractivity contribution is 6.06. The topological polar surface area (TPSA) is 62.6 Å². The number of furan rings is 1. The second-order valence-electron chi connectivity index (χ2n) is 8.66. The van der Waals surface area contributed by atoms with Crippen molar-refractivity contribution in [2.24, 2.45) is 10.8 Å². The van der Waals surface area contributed by atoms with E-state index >= 15 is 0 Å². The lowest BCUT2D eigenvalue weighted by Crippen LogP contribution is -2.44. The van der Waals surface area contributed by atoms with Gasteiger partial charge in [-0.05, 0) is 50.0 Å². The van der Waals surface area contributed by atoms with Crippen LogP contribution < -0.4 is 5.32 Å². The van der Waals surface area contributed by atoms with E-state index in [1.807, 2.05) is 24.3 Å². The lowest BCUT2D eigenvalue weighted by molar-refractivity contribution is -0.138. The normalized spacial score (nSPS) is 24.8. The maximum atomic E-state index is 12.7. The van der Waals surface area contributed by atoms with Gasteiger partial charge in [-0.2, -0.15) is 0 Å². The highest BCUT2D eigenvalue weighted by Gasteiger charge is 2.57. The minimum Gasteiger partial charge on any atom is -0.463 e. The van der Waals surface area contributed by atoms with E-state index in [4.69, 9.17) is 4.42 Å². The van der Waals surface area contributed by atoms with Gasteiger partial charge in [-0.15, -0.1) is 0 Å². The van der Waals surface area contributed by atoms with Crippen molar-refractivity contribution in [1.82, 2.24) is 10.2 Å². The Balaban J connectivity index is 1.20. The van der Waals surface area contributed by atoms with Crippen LogP contribution in [0.4, 0.5) is 0 Å². The Morgan fingerprint density at radius 3 is 2.63 bits per heavy atom. The smallest absolute Gasteiger partial charge is 0.255 e. The number of piperidine rings is 1. The molecule has 2 heterocycles. The first-order chi connectivity index (χ1) is 13.1. The van der Waals surface area contributed by atoms with Crippen LogP contribution in [-0.2, 0) is 4.79 Å². The molecule has 1 aromatic carbocycles. The minimum absolute atomic E-state index is 0.0377. The molecule has 2 aromatic rings. The van der Waals surface area contributed by atoms with Crippen LogP contribution in [0.2, 0.25) is 0 Å². The monoisotopic (exact) mass is 366 g/mol. The summed E-state index contributed by atoms with van der Waals surface area (Å²) in [5.41, 5.74) is 1.50. The molecule has 5 rings (SSSR count). The summed E-state index contributed by atoms with van der Waals surface area (Å²) in [6.45, 7) is 3.80. The second-order valence-corrected chi connectivity index (χ2v) is 8.66. The molecule has 142 valence electrons. The molecule has 0 bridgehead atoms. The van der Waals surface area contributed by atoms with Gasteiger partial charge in [0.15, 0.2) is 0 Å². The first-order valence-electron chi connectivity index (χ1n) is 10.1. The van der Waals surface area contributed by atoms with E-state index in [0.717, 1.165) is 62.6 Å². The predicted molar refractivity (Wildman–Crippen MR) is 102 cm³/mol. The SMILES string of the molecule is CCC1(C(=O)N2CCC3(CC2)CC3NC(=O)c2coc3ccccc23)CC1. The van der Waals surface area contributed by atoms with Gasteiger partial charge in [-0.1, -0.05) is 25.1 Å². The Labute approximate surface area is 159 Å². The third kappa shape index (κ3) is 2.67. The summed E-state index contributed by atoms with van der Waals surface area (Å²) < 4.78 is 5.49. The van der Waals surface area contributed by atoms with Crippen LogP contribution in [-0.4, -0.2) is 35.8 Å². The van der Waals surface area contributed by atoms with Crippen LogP contribution in [0.3, 0.4) is 0 Å². The summed E-state index contributed by atoms with van der Waals surface area (Å²) >= 11 is 0. The number of likely N-dealkylation sites (tertiary alicyclic amines) is 1. The fourth-order valence-electron chi connectivity index (χ4n) is 4.85. The molecule has 27 heavy (non-hydrogen) atoms. The summed E-state index contributed by atoms with van der Waals surface area (Å²) in [6, 6.07) is 7.84. The average molecular weight is 366 g/mol. The Hall–Kier alpha value is -2.30. The maximum absolute atomic E-state index is 12.7.